The molecule has 41 heavy (non-hydrogen) atoms. The van der Waals surface area contributed by atoms with Gasteiger partial charge in [0.25, 0.3) is 0 Å². The van der Waals surface area contributed by atoms with Crippen molar-refractivity contribution in [3.63, 3.8) is 0 Å². The lowest BCUT2D eigenvalue weighted by molar-refractivity contribution is -0.0169. The summed E-state index contributed by atoms with van der Waals surface area (Å²) in [5.41, 5.74) is 1.40. The summed E-state index contributed by atoms with van der Waals surface area (Å²) in [6.07, 6.45) is 19.6. The average Bonchev–Trinajstić information content (AvgIpc) is 3.35. The molecule has 5 rings (SSSR count). The number of hydrogen-bond donors (Lipinski definition) is 0. The topological polar surface area (TPSA) is 9.23 Å². The molecule has 3 aliphatic rings. The summed E-state index contributed by atoms with van der Waals surface area (Å²) in [5, 5.41) is 0. The molecule has 0 amide bonds. The lowest BCUT2D eigenvalue weighted by Crippen LogP contribution is -2.31. The molecule has 1 aliphatic heterocycles. The molecule has 0 spiro atoms. The minimum absolute atomic E-state index is 0.0860. The Morgan fingerprint density at radius 2 is 1.37 bits per heavy atom. The molecule has 2 aliphatic carbocycles. The smallest absolute Gasteiger partial charge is 0.167 e. The van der Waals surface area contributed by atoms with Gasteiger partial charge in [-0.25, -0.2) is 17.6 Å². The molecule has 0 aromatic heterocycles. The fourth-order valence-corrected chi connectivity index (χ4v) is 7.57. The van der Waals surface area contributed by atoms with Gasteiger partial charge >= 0.3 is 0 Å². The molecule has 0 radical (unpaired) electrons. The number of hydrogen-bond acceptors (Lipinski definition) is 1. The zero-order valence-corrected chi connectivity index (χ0v) is 24.9. The summed E-state index contributed by atoms with van der Waals surface area (Å²) in [5.74, 6) is -1.65. The molecule has 5 heteroatoms. The number of benzene rings is 2. The summed E-state index contributed by atoms with van der Waals surface area (Å²) in [6.45, 7) is 4.99. The second-order valence-electron chi connectivity index (χ2n) is 12.8. The second-order valence-corrected chi connectivity index (χ2v) is 12.8. The molecule has 2 aromatic carbocycles. The van der Waals surface area contributed by atoms with Crippen LogP contribution in [0.15, 0.2) is 24.3 Å². The molecular weight excluding hydrogens is 524 g/mol. The summed E-state index contributed by atoms with van der Waals surface area (Å²) < 4.78 is 65.9. The number of rotatable bonds is 11. The van der Waals surface area contributed by atoms with Crippen LogP contribution in [0.1, 0.15) is 113 Å². The second kappa shape index (κ2) is 13.9. The van der Waals surface area contributed by atoms with E-state index in [1.807, 2.05) is 13.0 Å². The van der Waals surface area contributed by atoms with Crippen molar-refractivity contribution in [3.05, 3.63) is 69.8 Å². The number of aryl methyl sites for hydroxylation is 2. The molecule has 0 N–H and O–H groups in total. The quantitative estimate of drug-likeness (QED) is 0.127. The van der Waals surface area contributed by atoms with E-state index in [2.05, 4.69) is 13.0 Å². The highest BCUT2D eigenvalue weighted by Crippen LogP contribution is 2.44. The van der Waals surface area contributed by atoms with E-state index in [0.29, 0.717) is 48.3 Å². The Kier molecular flexibility index (Phi) is 10.3. The van der Waals surface area contributed by atoms with Gasteiger partial charge in [-0.1, -0.05) is 83.1 Å². The van der Waals surface area contributed by atoms with Crippen molar-refractivity contribution in [2.24, 2.45) is 17.8 Å². The molecule has 1 saturated carbocycles. The maximum absolute atomic E-state index is 15.2. The van der Waals surface area contributed by atoms with Crippen molar-refractivity contribution in [1.29, 1.82) is 0 Å². The summed E-state index contributed by atoms with van der Waals surface area (Å²) in [4.78, 5) is 0. The number of ether oxygens (including phenoxy) is 1. The molecule has 2 unspecified atom stereocenters. The standard InChI is InChI=1S/C36H46F4O/c1-3-5-6-10-23-13-15-24(16-14-23)27-17-18-30(41-22-27)12-8-7-11-26-20-29-21-28-19-25(9-4-2)33(37)35(39)31(28)32(29)36(40)34(26)38/h8,12,19-20,23-24,27,30H,3-7,9-11,13-18,21-22H2,1-2H3/b12-8+. The molecule has 2 aromatic rings. The lowest BCUT2D eigenvalue weighted by Gasteiger charge is -2.37. The Morgan fingerprint density at radius 1 is 0.732 bits per heavy atom. The fourth-order valence-electron chi connectivity index (χ4n) is 7.57. The Morgan fingerprint density at radius 3 is 1.95 bits per heavy atom. The third-order valence-electron chi connectivity index (χ3n) is 9.93. The van der Waals surface area contributed by atoms with Gasteiger partial charge in [0.1, 0.15) is 0 Å². The van der Waals surface area contributed by atoms with Gasteiger partial charge in [-0.05, 0) is 91.4 Å². The Bertz CT molecular complexity index is 1220. The van der Waals surface area contributed by atoms with Gasteiger partial charge < -0.3 is 4.74 Å². The van der Waals surface area contributed by atoms with Crippen LogP contribution >= 0.6 is 0 Å². The van der Waals surface area contributed by atoms with E-state index in [9.17, 15) is 8.78 Å². The van der Waals surface area contributed by atoms with E-state index in [0.717, 1.165) is 24.9 Å². The van der Waals surface area contributed by atoms with Crippen molar-refractivity contribution in [2.45, 2.75) is 116 Å². The van der Waals surface area contributed by atoms with Crippen molar-refractivity contribution in [1.82, 2.24) is 0 Å². The van der Waals surface area contributed by atoms with E-state index in [1.165, 1.54) is 57.8 Å². The zero-order valence-electron chi connectivity index (χ0n) is 24.9. The van der Waals surface area contributed by atoms with Crippen LogP contribution in [-0.4, -0.2) is 12.7 Å². The van der Waals surface area contributed by atoms with Crippen molar-refractivity contribution in [3.8, 4) is 11.1 Å². The number of unbranched alkanes of at least 4 members (excludes halogenated alkanes) is 2. The molecule has 1 saturated heterocycles. The van der Waals surface area contributed by atoms with Crippen molar-refractivity contribution in [2.75, 3.05) is 6.61 Å². The number of halogens is 4. The van der Waals surface area contributed by atoms with E-state index in [-0.39, 0.29) is 29.2 Å². The number of fused-ring (bicyclic) bond motifs is 3. The SMILES string of the molecule is CCCCCC1CCC(C2CCC(/C=C/CCc3cc4c(c(F)c3F)-c3c(cc(CCC)c(F)c3F)C4)OC2)CC1. The van der Waals surface area contributed by atoms with Crippen LogP contribution in [0, 0.1) is 41.0 Å². The molecule has 1 nitrogen and oxygen atoms in total. The minimum atomic E-state index is -1.07. The van der Waals surface area contributed by atoms with Crippen LogP contribution < -0.4 is 0 Å². The van der Waals surface area contributed by atoms with Crippen LogP contribution in [0.5, 0.6) is 0 Å². The summed E-state index contributed by atoms with van der Waals surface area (Å²) in [7, 11) is 0. The Balaban J connectivity index is 1.12. The van der Waals surface area contributed by atoms with Crippen molar-refractivity contribution < 1.29 is 22.3 Å². The van der Waals surface area contributed by atoms with Gasteiger partial charge in [-0.3, -0.25) is 0 Å². The van der Waals surface area contributed by atoms with Gasteiger partial charge in [0.05, 0.1) is 12.7 Å². The molecule has 2 atom stereocenters. The maximum Gasteiger partial charge on any atom is 0.167 e. The minimum Gasteiger partial charge on any atom is -0.374 e. The highest BCUT2D eigenvalue weighted by molar-refractivity contribution is 5.79. The van der Waals surface area contributed by atoms with Gasteiger partial charge in [0, 0.05) is 11.1 Å². The van der Waals surface area contributed by atoms with Gasteiger partial charge in [-0.15, -0.1) is 0 Å². The third-order valence-corrected chi connectivity index (χ3v) is 9.93. The monoisotopic (exact) mass is 570 g/mol. The maximum atomic E-state index is 15.2. The van der Waals surface area contributed by atoms with Crippen LogP contribution in [0.3, 0.4) is 0 Å². The third kappa shape index (κ3) is 6.76. The average molecular weight is 571 g/mol. The first-order chi connectivity index (χ1) is 19.9. The van der Waals surface area contributed by atoms with Crippen LogP contribution in [0.25, 0.3) is 11.1 Å². The zero-order chi connectivity index (χ0) is 28.9. The first kappa shape index (κ1) is 30.3. The van der Waals surface area contributed by atoms with Gasteiger partial charge in [0.15, 0.2) is 23.3 Å². The predicted molar refractivity (Wildman–Crippen MR) is 158 cm³/mol. The lowest BCUT2D eigenvalue weighted by atomic mass is 9.73. The molecular formula is C36H46F4O. The van der Waals surface area contributed by atoms with Crippen LogP contribution in [-0.2, 0) is 24.0 Å². The normalized spacial score (nSPS) is 24.1. The molecule has 224 valence electrons. The molecule has 1 heterocycles. The fraction of sp³-hybridized carbons (Fsp3) is 0.611. The summed E-state index contributed by atoms with van der Waals surface area (Å²) in [6, 6.07) is 3.25. The van der Waals surface area contributed by atoms with Crippen LogP contribution in [0.4, 0.5) is 17.6 Å². The molecule has 0 bridgehead atoms. The first-order valence-corrected chi connectivity index (χ1v) is 16.2. The highest BCUT2D eigenvalue weighted by Gasteiger charge is 2.32. The first-order valence-electron chi connectivity index (χ1n) is 16.2. The highest BCUT2D eigenvalue weighted by atomic mass is 19.2. The predicted octanol–water partition coefficient (Wildman–Crippen LogP) is 10.4. The van der Waals surface area contributed by atoms with E-state index in [4.69, 9.17) is 4.74 Å². The van der Waals surface area contributed by atoms with Gasteiger partial charge in [0.2, 0.25) is 0 Å². The van der Waals surface area contributed by atoms with E-state index >= 15 is 8.78 Å². The van der Waals surface area contributed by atoms with E-state index in [1.54, 1.807) is 12.1 Å². The largest absolute Gasteiger partial charge is 0.374 e. The number of allylic oxidation sites excluding steroid dienone is 1. The molecule has 2 fully saturated rings. The summed E-state index contributed by atoms with van der Waals surface area (Å²) >= 11 is 0. The Labute approximate surface area is 243 Å². The van der Waals surface area contributed by atoms with Crippen molar-refractivity contribution >= 4 is 0 Å². The van der Waals surface area contributed by atoms with E-state index < -0.39 is 23.3 Å². The Hall–Kier alpha value is -2.14. The van der Waals surface area contributed by atoms with Crippen LogP contribution in [0.2, 0.25) is 0 Å². The van der Waals surface area contributed by atoms with Gasteiger partial charge in [-0.2, -0.15) is 0 Å².